The molecule has 2 amide bonds. The van der Waals surface area contributed by atoms with Gasteiger partial charge in [-0.15, -0.1) is 11.3 Å². The Hall–Kier alpha value is -2.18. The van der Waals surface area contributed by atoms with Gasteiger partial charge in [0.2, 0.25) is 5.91 Å². The van der Waals surface area contributed by atoms with E-state index in [2.05, 4.69) is 47.1 Å². The van der Waals surface area contributed by atoms with Crippen molar-refractivity contribution in [2.45, 2.75) is 58.1 Å². The molecule has 2 aliphatic rings. The van der Waals surface area contributed by atoms with E-state index in [1.165, 1.54) is 10.4 Å². The first-order valence-electron chi connectivity index (χ1n) is 11.3. The minimum Gasteiger partial charge on any atom is -0.368 e. The van der Waals surface area contributed by atoms with E-state index in [4.69, 9.17) is 4.74 Å². The van der Waals surface area contributed by atoms with Gasteiger partial charge in [-0.2, -0.15) is 0 Å². The largest absolute Gasteiger partial charge is 0.368 e. The fourth-order valence-corrected chi connectivity index (χ4v) is 5.38. The monoisotopic (exact) mass is 440 g/mol. The van der Waals surface area contributed by atoms with Crippen LogP contribution < -0.4 is 5.32 Å². The zero-order chi connectivity index (χ0) is 21.8. The highest BCUT2D eigenvalue weighted by Gasteiger charge is 2.47. The molecular weight excluding hydrogens is 408 g/mol. The zero-order valence-corrected chi connectivity index (χ0v) is 19.2. The normalized spacial score (nSPS) is 23.8. The molecule has 0 aliphatic carbocycles. The maximum atomic E-state index is 13.3. The van der Waals surface area contributed by atoms with E-state index in [9.17, 15) is 9.59 Å². The molecule has 0 spiro atoms. The van der Waals surface area contributed by atoms with Gasteiger partial charge in [-0.25, -0.2) is 0 Å². The average Bonchev–Trinajstić information content (AvgIpc) is 3.45. The van der Waals surface area contributed by atoms with Crippen molar-refractivity contribution < 1.29 is 14.3 Å². The molecule has 6 heteroatoms. The Morgan fingerprint density at radius 3 is 2.68 bits per heavy atom. The van der Waals surface area contributed by atoms with E-state index in [0.717, 1.165) is 24.8 Å². The van der Waals surface area contributed by atoms with Crippen molar-refractivity contribution in [3.05, 3.63) is 47.3 Å². The molecule has 166 valence electrons. The Labute approximate surface area is 188 Å². The molecule has 1 aromatic heterocycles. The lowest BCUT2D eigenvalue weighted by Crippen LogP contribution is -2.48. The first kappa shape index (κ1) is 22.0. The number of nitrogens with one attached hydrogen (secondary N) is 1. The number of thiophene rings is 1. The summed E-state index contributed by atoms with van der Waals surface area (Å²) in [5.41, 5.74) is 1.72. The fourth-order valence-electron chi connectivity index (χ4n) is 4.65. The van der Waals surface area contributed by atoms with Gasteiger partial charge in [0.15, 0.2) is 0 Å². The van der Waals surface area contributed by atoms with Crippen molar-refractivity contribution in [2.24, 2.45) is 5.41 Å². The van der Waals surface area contributed by atoms with Gasteiger partial charge in [0.25, 0.3) is 5.91 Å². The van der Waals surface area contributed by atoms with Crippen LogP contribution in [0.2, 0.25) is 0 Å². The van der Waals surface area contributed by atoms with E-state index in [-0.39, 0.29) is 24.0 Å². The molecule has 1 aromatic carbocycles. The third-order valence-electron chi connectivity index (χ3n) is 6.32. The lowest BCUT2D eigenvalue weighted by molar-refractivity contribution is -0.146. The topological polar surface area (TPSA) is 58.6 Å². The van der Waals surface area contributed by atoms with Crippen LogP contribution in [0.5, 0.6) is 0 Å². The third-order valence-corrected chi connectivity index (χ3v) is 7.24. The summed E-state index contributed by atoms with van der Waals surface area (Å²) in [6.07, 6.45) is 3.79. The lowest BCUT2D eigenvalue weighted by atomic mass is 9.79. The van der Waals surface area contributed by atoms with E-state index in [0.29, 0.717) is 32.5 Å². The quantitative estimate of drug-likeness (QED) is 0.730. The van der Waals surface area contributed by atoms with Gasteiger partial charge in [0.1, 0.15) is 6.10 Å². The Morgan fingerprint density at radius 2 is 2.03 bits per heavy atom. The Balaban J connectivity index is 1.51. The molecule has 3 heterocycles. The van der Waals surface area contributed by atoms with E-state index >= 15 is 0 Å². The highest BCUT2D eigenvalue weighted by molar-refractivity contribution is 7.13. The average molecular weight is 441 g/mol. The first-order chi connectivity index (χ1) is 15.0. The van der Waals surface area contributed by atoms with Crippen LogP contribution in [-0.4, -0.2) is 48.6 Å². The SMILES string of the molecule is CC(C)NC(=O)[C@]1(Cc2ccc(-c3cccs3)cc2)CCN(C(=O)[C@@H]2CCCCO2)C1. The Morgan fingerprint density at radius 1 is 1.23 bits per heavy atom. The number of ether oxygens (including phenoxy) is 1. The van der Waals surface area contributed by atoms with Gasteiger partial charge in [0.05, 0.1) is 5.41 Å². The van der Waals surface area contributed by atoms with Crippen molar-refractivity contribution in [1.29, 1.82) is 0 Å². The predicted molar refractivity (Wildman–Crippen MR) is 124 cm³/mol. The molecule has 0 bridgehead atoms. The smallest absolute Gasteiger partial charge is 0.251 e. The number of nitrogens with zero attached hydrogens (tertiary/aromatic N) is 1. The minimum atomic E-state index is -0.598. The highest BCUT2D eigenvalue weighted by atomic mass is 32.1. The van der Waals surface area contributed by atoms with Crippen molar-refractivity contribution in [1.82, 2.24) is 10.2 Å². The number of hydrogen-bond acceptors (Lipinski definition) is 4. The molecule has 2 saturated heterocycles. The van der Waals surface area contributed by atoms with Crippen LogP contribution in [0.15, 0.2) is 41.8 Å². The summed E-state index contributed by atoms with van der Waals surface area (Å²) in [6, 6.07) is 12.7. The number of rotatable bonds is 6. The molecule has 1 N–H and O–H groups in total. The van der Waals surface area contributed by atoms with Crippen LogP contribution in [0.3, 0.4) is 0 Å². The molecule has 2 aromatic rings. The summed E-state index contributed by atoms with van der Waals surface area (Å²) in [6.45, 7) is 5.68. The molecule has 0 unspecified atom stereocenters. The molecule has 31 heavy (non-hydrogen) atoms. The Bertz CT molecular complexity index is 888. The maximum Gasteiger partial charge on any atom is 0.251 e. The van der Waals surface area contributed by atoms with E-state index in [1.54, 1.807) is 11.3 Å². The minimum absolute atomic E-state index is 0.0460. The summed E-state index contributed by atoms with van der Waals surface area (Å²) in [5, 5.41) is 5.19. The summed E-state index contributed by atoms with van der Waals surface area (Å²) >= 11 is 1.72. The maximum absolute atomic E-state index is 13.3. The van der Waals surface area contributed by atoms with Crippen LogP contribution in [0.1, 0.15) is 45.1 Å². The van der Waals surface area contributed by atoms with Gasteiger partial charge in [-0.3, -0.25) is 9.59 Å². The van der Waals surface area contributed by atoms with E-state index < -0.39 is 5.41 Å². The molecule has 0 saturated carbocycles. The number of carbonyl (C=O) groups is 2. The first-order valence-corrected chi connectivity index (χ1v) is 12.2. The van der Waals surface area contributed by atoms with Crippen molar-refractivity contribution in [2.75, 3.05) is 19.7 Å². The molecule has 4 rings (SSSR count). The predicted octanol–water partition coefficient (Wildman–Crippen LogP) is 4.27. The zero-order valence-electron chi connectivity index (χ0n) is 18.4. The van der Waals surface area contributed by atoms with Crippen LogP contribution in [0.25, 0.3) is 10.4 Å². The fraction of sp³-hybridized carbons (Fsp3) is 0.520. The number of amides is 2. The molecule has 2 aliphatic heterocycles. The van der Waals surface area contributed by atoms with Crippen molar-refractivity contribution in [3.8, 4) is 10.4 Å². The van der Waals surface area contributed by atoms with Gasteiger partial charge >= 0.3 is 0 Å². The Kier molecular flexibility index (Phi) is 6.77. The van der Waals surface area contributed by atoms with Crippen LogP contribution in [0, 0.1) is 5.41 Å². The van der Waals surface area contributed by atoms with Crippen LogP contribution >= 0.6 is 11.3 Å². The van der Waals surface area contributed by atoms with Gasteiger partial charge in [-0.1, -0.05) is 30.3 Å². The van der Waals surface area contributed by atoms with Crippen molar-refractivity contribution >= 4 is 23.2 Å². The highest BCUT2D eigenvalue weighted by Crippen LogP contribution is 2.36. The molecular formula is C25H32N2O3S. The second kappa shape index (κ2) is 9.53. The summed E-state index contributed by atoms with van der Waals surface area (Å²) in [7, 11) is 0. The number of carbonyl (C=O) groups excluding carboxylic acids is 2. The summed E-state index contributed by atoms with van der Waals surface area (Å²) in [5.74, 6) is 0.0941. The number of hydrogen-bond donors (Lipinski definition) is 1. The van der Waals surface area contributed by atoms with Crippen LogP contribution in [-0.2, 0) is 20.7 Å². The third kappa shape index (κ3) is 5.01. The number of benzene rings is 1. The summed E-state index contributed by atoms with van der Waals surface area (Å²) in [4.78, 5) is 29.4. The molecule has 0 radical (unpaired) electrons. The van der Waals surface area contributed by atoms with Gasteiger partial charge in [0, 0.05) is 30.6 Å². The summed E-state index contributed by atoms with van der Waals surface area (Å²) < 4.78 is 5.72. The second-order valence-corrected chi connectivity index (χ2v) is 10.1. The molecule has 5 nitrogen and oxygen atoms in total. The standard InChI is InChI=1S/C25H32N2O3S/c1-18(2)26-24(29)25(12-13-27(17-25)23(28)21-6-3-4-14-30-21)16-19-8-10-20(11-9-19)22-7-5-15-31-22/h5,7-11,15,18,21H,3-4,6,12-14,16-17H2,1-2H3,(H,26,29)/t21-,25-/m0/s1. The molecule has 2 fully saturated rings. The number of likely N-dealkylation sites (tertiary alicyclic amines) is 1. The van der Waals surface area contributed by atoms with Crippen molar-refractivity contribution in [3.63, 3.8) is 0 Å². The molecule has 2 atom stereocenters. The van der Waals surface area contributed by atoms with E-state index in [1.807, 2.05) is 18.7 Å². The second-order valence-electron chi connectivity index (χ2n) is 9.12. The lowest BCUT2D eigenvalue weighted by Gasteiger charge is -2.31. The van der Waals surface area contributed by atoms with Crippen LogP contribution in [0.4, 0.5) is 0 Å². The van der Waals surface area contributed by atoms with Gasteiger partial charge < -0.3 is 15.0 Å². The van der Waals surface area contributed by atoms with Gasteiger partial charge in [-0.05, 0) is 68.5 Å².